The van der Waals surface area contributed by atoms with Gasteiger partial charge in [-0.1, -0.05) is 12.1 Å². The van der Waals surface area contributed by atoms with Crippen molar-refractivity contribution in [3.63, 3.8) is 0 Å². The predicted molar refractivity (Wildman–Crippen MR) is 107 cm³/mol. The molecule has 1 aliphatic heterocycles. The van der Waals surface area contributed by atoms with Crippen LogP contribution in [0, 0.1) is 13.8 Å². The summed E-state index contributed by atoms with van der Waals surface area (Å²) >= 11 is 0. The Hall–Kier alpha value is -2.53. The summed E-state index contributed by atoms with van der Waals surface area (Å²) < 4.78 is 13.1. The van der Waals surface area contributed by atoms with Gasteiger partial charge in [0.25, 0.3) is 0 Å². The van der Waals surface area contributed by atoms with Gasteiger partial charge in [-0.25, -0.2) is 4.98 Å². The summed E-state index contributed by atoms with van der Waals surface area (Å²) in [5, 5.41) is 0. The van der Waals surface area contributed by atoms with E-state index in [9.17, 15) is 0 Å². The van der Waals surface area contributed by atoms with E-state index in [0.29, 0.717) is 6.04 Å². The summed E-state index contributed by atoms with van der Waals surface area (Å²) in [6.07, 6.45) is 4.48. The molecule has 2 aromatic heterocycles. The van der Waals surface area contributed by atoms with Crippen LogP contribution in [0.3, 0.4) is 0 Å². The number of aryl methyl sites for hydroxylation is 2. The zero-order valence-corrected chi connectivity index (χ0v) is 16.5. The molecule has 3 heterocycles. The van der Waals surface area contributed by atoms with Crippen LogP contribution in [0.1, 0.15) is 41.4 Å². The summed E-state index contributed by atoms with van der Waals surface area (Å²) in [6.45, 7) is 6.23. The third-order valence-corrected chi connectivity index (χ3v) is 5.65. The first-order valence-electron chi connectivity index (χ1n) is 9.51. The second-order valence-electron chi connectivity index (χ2n) is 7.27. The van der Waals surface area contributed by atoms with Crippen molar-refractivity contribution in [2.45, 2.75) is 39.3 Å². The number of likely N-dealkylation sites (tertiary alicyclic amines) is 1. The Morgan fingerprint density at radius 1 is 1.11 bits per heavy atom. The highest BCUT2D eigenvalue weighted by Crippen LogP contribution is 2.37. The Kier molecular flexibility index (Phi) is 4.79. The summed E-state index contributed by atoms with van der Waals surface area (Å²) in [6, 6.07) is 10.9. The fourth-order valence-electron chi connectivity index (χ4n) is 4.20. The molecule has 142 valence electrons. The van der Waals surface area contributed by atoms with E-state index in [2.05, 4.69) is 53.6 Å². The van der Waals surface area contributed by atoms with Crippen LogP contribution in [0.2, 0.25) is 0 Å². The van der Waals surface area contributed by atoms with Crippen molar-refractivity contribution in [1.82, 2.24) is 14.3 Å². The monoisotopic (exact) mass is 365 g/mol. The number of methoxy groups -OCH3 is 2. The Labute approximate surface area is 160 Å². The smallest absolute Gasteiger partial charge is 0.161 e. The van der Waals surface area contributed by atoms with E-state index in [1.165, 1.54) is 23.2 Å². The number of imidazole rings is 1. The van der Waals surface area contributed by atoms with E-state index in [1.54, 1.807) is 14.2 Å². The number of benzene rings is 1. The fourth-order valence-corrected chi connectivity index (χ4v) is 4.20. The lowest BCUT2D eigenvalue weighted by molar-refractivity contribution is 0.243. The van der Waals surface area contributed by atoms with Crippen LogP contribution < -0.4 is 9.47 Å². The molecule has 0 bridgehead atoms. The number of pyridine rings is 1. The van der Waals surface area contributed by atoms with Gasteiger partial charge in [0.15, 0.2) is 11.5 Å². The summed E-state index contributed by atoms with van der Waals surface area (Å²) in [7, 11) is 3.37. The average molecular weight is 365 g/mol. The third kappa shape index (κ3) is 3.16. The lowest BCUT2D eigenvalue weighted by Crippen LogP contribution is -2.24. The molecular formula is C22H27N3O2. The van der Waals surface area contributed by atoms with Gasteiger partial charge in [0, 0.05) is 18.8 Å². The highest BCUT2D eigenvalue weighted by Gasteiger charge is 2.28. The van der Waals surface area contributed by atoms with Gasteiger partial charge in [-0.15, -0.1) is 0 Å². The first-order chi connectivity index (χ1) is 13.1. The van der Waals surface area contributed by atoms with E-state index in [1.807, 2.05) is 6.07 Å². The number of ether oxygens (including phenoxy) is 2. The van der Waals surface area contributed by atoms with Crippen LogP contribution in [0.15, 0.2) is 36.5 Å². The minimum Gasteiger partial charge on any atom is -0.493 e. The maximum Gasteiger partial charge on any atom is 0.161 e. The van der Waals surface area contributed by atoms with E-state index < -0.39 is 0 Å². The highest BCUT2D eigenvalue weighted by molar-refractivity contribution is 5.50. The molecule has 0 saturated carbocycles. The highest BCUT2D eigenvalue weighted by atomic mass is 16.5. The minimum atomic E-state index is 0.388. The number of hydrogen-bond acceptors (Lipinski definition) is 4. The molecule has 1 unspecified atom stereocenters. The van der Waals surface area contributed by atoms with Crippen molar-refractivity contribution in [2.24, 2.45) is 0 Å². The van der Waals surface area contributed by atoms with Gasteiger partial charge in [-0.3, -0.25) is 4.90 Å². The lowest BCUT2D eigenvalue weighted by Gasteiger charge is -2.25. The molecule has 27 heavy (non-hydrogen) atoms. The molecule has 1 atom stereocenters. The summed E-state index contributed by atoms with van der Waals surface area (Å²) in [5.74, 6) is 1.57. The molecule has 0 aliphatic carbocycles. The maximum atomic E-state index is 5.51. The Bertz CT molecular complexity index is 964. The summed E-state index contributed by atoms with van der Waals surface area (Å²) in [4.78, 5) is 7.36. The topological polar surface area (TPSA) is 39.0 Å². The van der Waals surface area contributed by atoms with Gasteiger partial charge in [0.1, 0.15) is 5.65 Å². The Morgan fingerprint density at radius 2 is 1.93 bits per heavy atom. The quantitative estimate of drug-likeness (QED) is 0.676. The molecule has 1 aliphatic rings. The normalized spacial score (nSPS) is 17.6. The largest absolute Gasteiger partial charge is 0.493 e. The zero-order valence-electron chi connectivity index (χ0n) is 16.5. The van der Waals surface area contributed by atoms with Crippen molar-refractivity contribution in [3.8, 4) is 11.5 Å². The molecule has 0 N–H and O–H groups in total. The molecule has 1 aromatic carbocycles. The van der Waals surface area contributed by atoms with Crippen molar-refractivity contribution in [2.75, 3.05) is 20.8 Å². The molecule has 5 heteroatoms. The molecule has 4 rings (SSSR count). The van der Waals surface area contributed by atoms with E-state index in [-0.39, 0.29) is 0 Å². The van der Waals surface area contributed by atoms with Crippen molar-refractivity contribution in [3.05, 3.63) is 59.0 Å². The first kappa shape index (κ1) is 17.9. The number of fused-ring (bicyclic) bond motifs is 1. The molecule has 5 nitrogen and oxygen atoms in total. The number of aromatic nitrogens is 2. The minimum absolute atomic E-state index is 0.388. The van der Waals surface area contributed by atoms with Gasteiger partial charge in [-0.05, 0) is 62.6 Å². The van der Waals surface area contributed by atoms with Crippen molar-refractivity contribution in [1.29, 1.82) is 0 Å². The predicted octanol–water partition coefficient (Wildman–Crippen LogP) is 4.31. The zero-order chi connectivity index (χ0) is 19.0. The van der Waals surface area contributed by atoms with Crippen LogP contribution in [0.4, 0.5) is 0 Å². The van der Waals surface area contributed by atoms with E-state index in [0.717, 1.165) is 42.4 Å². The van der Waals surface area contributed by atoms with E-state index in [4.69, 9.17) is 14.5 Å². The van der Waals surface area contributed by atoms with Crippen LogP contribution in [-0.4, -0.2) is 35.0 Å². The fraction of sp³-hybridized carbons (Fsp3) is 0.409. The number of nitrogens with zero attached hydrogens (tertiary/aromatic N) is 3. The Morgan fingerprint density at radius 3 is 2.70 bits per heavy atom. The molecule has 0 amide bonds. The molecule has 0 radical (unpaired) electrons. The molecule has 1 saturated heterocycles. The molecular weight excluding hydrogens is 338 g/mol. The Balaban J connectivity index is 1.65. The average Bonchev–Trinajstić information content (AvgIpc) is 3.27. The van der Waals surface area contributed by atoms with Gasteiger partial charge < -0.3 is 13.9 Å². The first-order valence-corrected chi connectivity index (χ1v) is 9.51. The maximum absolute atomic E-state index is 5.51. The number of hydrogen-bond donors (Lipinski definition) is 0. The molecule has 1 fully saturated rings. The van der Waals surface area contributed by atoms with Gasteiger partial charge >= 0.3 is 0 Å². The van der Waals surface area contributed by atoms with Crippen LogP contribution in [-0.2, 0) is 6.54 Å². The lowest BCUT2D eigenvalue weighted by atomic mass is 10.0. The second kappa shape index (κ2) is 7.24. The van der Waals surface area contributed by atoms with Crippen LogP contribution in [0.5, 0.6) is 11.5 Å². The van der Waals surface area contributed by atoms with Crippen molar-refractivity contribution < 1.29 is 9.47 Å². The van der Waals surface area contributed by atoms with Crippen LogP contribution >= 0.6 is 0 Å². The number of rotatable bonds is 5. The third-order valence-electron chi connectivity index (χ3n) is 5.65. The van der Waals surface area contributed by atoms with Crippen molar-refractivity contribution >= 4 is 5.65 Å². The SMILES string of the molecule is COc1ccc(C2CCCN2Cc2c(C)nc3c(C)cccn23)cc1OC. The second-order valence-corrected chi connectivity index (χ2v) is 7.27. The standard InChI is InChI=1S/C22H27N3O2/c1-15-7-5-12-25-19(16(2)23-22(15)25)14-24-11-6-8-18(24)17-9-10-20(26-3)21(13-17)27-4/h5,7,9-10,12-13,18H,6,8,11,14H2,1-4H3. The molecule has 0 spiro atoms. The van der Waals surface area contributed by atoms with Crippen LogP contribution in [0.25, 0.3) is 5.65 Å². The van der Waals surface area contributed by atoms with Gasteiger partial charge in [-0.2, -0.15) is 0 Å². The van der Waals surface area contributed by atoms with E-state index >= 15 is 0 Å². The van der Waals surface area contributed by atoms with Gasteiger partial charge in [0.2, 0.25) is 0 Å². The molecule has 3 aromatic rings. The van der Waals surface area contributed by atoms with Gasteiger partial charge in [0.05, 0.1) is 25.6 Å². The summed E-state index contributed by atoms with van der Waals surface area (Å²) in [5.41, 5.74) is 5.95.